The molecule has 0 bridgehead atoms. The van der Waals surface area contributed by atoms with Crippen molar-refractivity contribution in [1.82, 2.24) is 15.1 Å². The number of rotatable bonds is 5. The molecule has 7 nitrogen and oxygen atoms in total. The van der Waals surface area contributed by atoms with Gasteiger partial charge in [-0.15, -0.1) is 0 Å². The number of carbonyl (C=O) groups is 1. The molecule has 1 amide bonds. The minimum Gasteiger partial charge on any atom is -0.339 e. The van der Waals surface area contributed by atoms with Crippen molar-refractivity contribution >= 4 is 27.5 Å². The Bertz CT molecular complexity index is 1020. The second-order valence-corrected chi connectivity index (χ2v) is 6.50. The Balaban J connectivity index is 1.62. The van der Waals surface area contributed by atoms with Gasteiger partial charge in [-0.25, -0.2) is 4.39 Å². The molecule has 3 aromatic rings. The normalized spacial score (nSPS) is 10.7. The zero-order valence-electron chi connectivity index (χ0n) is 13.7. The molecule has 3 rings (SSSR count). The number of anilines is 1. The van der Waals surface area contributed by atoms with E-state index in [1.54, 1.807) is 19.1 Å². The molecule has 2 heterocycles. The number of aromatic amines is 1. The van der Waals surface area contributed by atoms with Gasteiger partial charge < -0.3 is 14.8 Å². The van der Waals surface area contributed by atoms with Crippen molar-refractivity contribution in [1.29, 1.82) is 0 Å². The van der Waals surface area contributed by atoms with Crippen molar-refractivity contribution in [3.05, 3.63) is 62.6 Å². The molecule has 0 fully saturated rings. The maximum Gasteiger partial charge on any atom is 0.271 e. The Hall–Kier alpha value is -2.81. The van der Waals surface area contributed by atoms with Crippen LogP contribution in [0.2, 0.25) is 0 Å². The largest absolute Gasteiger partial charge is 0.339 e. The fourth-order valence-electron chi connectivity index (χ4n) is 2.19. The van der Waals surface area contributed by atoms with Crippen LogP contribution in [-0.4, -0.2) is 21.0 Å². The van der Waals surface area contributed by atoms with Gasteiger partial charge in [0, 0.05) is 29.1 Å². The zero-order valence-corrected chi connectivity index (χ0v) is 15.3. The SMILES string of the molecule is Cc1ccc(-c2noc(CCC(=O)Nc3cc(Br)c[nH]c3=O)n2)cc1F. The summed E-state index contributed by atoms with van der Waals surface area (Å²) in [5, 5.41) is 6.32. The number of benzene rings is 1. The summed E-state index contributed by atoms with van der Waals surface area (Å²) in [5.74, 6) is -0.218. The summed E-state index contributed by atoms with van der Waals surface area (Å²) in [6.07, 6.45) is 1.72. The predicted molar refractivity (Wildman–Crippen MR) is 96.1 cm³/mol. The summed E-state index contributed by atoms with van der Waals surface area (Å²) in [7, 11) is 0. The van der Waals surface area contributed by atoms with E-state index in [1.807, 2.05) is 0 Å². The third-order valence-electron chi connectivity index (χ3n) is 3.61. The summed E-state index contributed by atoms with van der Waals surface area (Å²) in [4.78, 5) is 30.3. The Morgan fingerprint density at radius 2 is 2.19 bits per heavy atom. The fourth-order valence-corrected chi connectivity index (χ4v) is 2.53. The minimum absolute atomic E-state index is 0.0514. The van der Waals surface area contributed by atoms with Crippen molar-refractivity contribution in [2.45, 2.75) is 19.8 Å². The number of aryl methyl sites for hydroxylation is 2. The third-order valence-corrected chi connectivity index (χ3v) is 4.06. The highest BCUT2D eigenvalue weighted by Crippen LogP contribution is 2.19. The van der Waals surface area contributed by atoms with Gasteiger partial charge in [-0.1, -0.05) is 17.3 Å². The molecule has 0 atom stereocenters. The number of aromatic nitrogens is 3. The number of hydrogen-bond donors (Lipinski definition) is 2. The summed E-state index contributed by atoms with van der Waals surface area (Å²) in [6.45, 7) is 1.66. The molecule has 0 aliphatic rings. The quantitative estimate of drug-likeness (QED) is 0.659. The Morgan fingerprint density at radius 1 is 1.38 bits per heavy atom. The molecule has 0 spiro atoms. The monoisotopic (exact) mass is 420 g/mol. The Kier molecular flexibility index (Phi) is 5.27. The lowest BCUT2D eigenvalue weighted by atomic mass is 10.1. The number of nitrogens with zero attached hydrogens (tertiary/aromatic N) is 2. The van der Waals surface area contributed by atoms with Gasteiger partial charge in [0.2, 0.25) is 17.6 Å². The molecule has 2 N–H and O–H groups in total. The van der Waals surface area contributed by atoms with Gasteiger partial charge in [0.15, 0.2) is 0 Å². The van der Waals surface area contributed by atoms with Crippen LogP contribution in [0, 0.1) is 12.7 Å². The van der Waals surface area contributed by atoms with E-state index in [9.17, 15) is 14.0 Å². The lowest BCUT2D eigenvalue weighted by molar-refractivity contribution is -0.116. The first-order chi connectivity index (χ1) is 12.4. The zero-order chi connectivity index (χ0) is 18.7. The van der Waals surface area contributed by atoms with Gasteiger partial charge in [-0.2, -0.15) is 4.98 Å². The van der Waals surface area contributed by atoms with Gasteiger partial charge in [0.05, 0.1) is 0 Å². The number of pyridine rings is 1. The van der Waals surface area contributed by atoms with Crippen LogP contribution >= 0.6 is 15.9 Å². The smallest absolute Gasteiger partial charge is 0.271 e. The molecule has 9 heteroatoms. The van der Waals surface area contributed by atoms with Gasteiger partial charge in [-0.05, 0) is 40.5 Å². The van der Waals surface area contributed by atoms with E-state index >= 15 is 0 Å². The van der Waals surface area contributed by atoms with Crippen molar-refractivity contribution < 1.29 is 13.7 Å². The molecule has 0 saturated heterocycles. The van der Waals surface area contributed by atoms with Crippen LogP contribution in [0.1, 0.15) is 17.9 Å². The molecule has 134 valence electrons. The highest BCUT2D eigenvalue weighted by molar-refractivity contribution is 9.10. The van der Waals surface area contributed by atoms with Crippen molar-refractivity contribution in [3.8, 4) is 11.4 Å². The molecule has 0 aliphatic heterocycles. The fraction of sp³-hybridized carbons (Fsp3) is 0.176. The predicted octanol–water partition coefficient (Wildman–Crippen LogP) is 3.21. The van der Waals surface area contributed by atoms with Crippen LogP contribution in [0.3, 0.4) is 0 Å². The summed E-state index contributed by atoms with van der Waals surface area (Å²) < 4.78 is 19.4. The molecular weight excluding hydrogens is 407 g/mol. The third kappa shape index (κ3) is 4.23. The van der Waals surface area contributed by atoms with Crippen LogP contribution in [0.5, 0.6) is 0 Å². The minimum atomic E-state index is -0.400. The van der Waals surface area contributed by atoms with E-state index in [0.717, 1.165) is 0 Å². The topological polar surface area (TPSA) is 101 Å². The van der Waals surface area contributed by atoms with E-state index in [1.165, 1.54) is 18.3 Å². The van der Waals surface area contributed by atoms with Crippen LogP contribution < -0.4 is 10.9 Å². The summed E-state index contributed by atoms with van der Waals surface area (Å²) >= 11 is 3.21. The number of halogens is 2. The van der Waals surface area contributed by atoms with E-state index in [4.69, 9.17) is 4.52 Å². The molecule has 2 aromatic heterocycles. The number of amides is 1. The Labute approximate surface area is 155 Å². The van der Waals surface area contributed by atoms with Gasteiger partial charge in [0.25, 0.3) is 5.56 Å². The van der Waals surface area contributed by atoms with Crippen LogP contribution in [-0.2, 0) is 11.2 Å². The standard InChI is InChI=1S/C17H14BrFN4O3/c1-9-2-3-10(6-12(9)19)16-22-15(26-23-16)5-4-14(24)21-13-7-11(18)8-20-17(13)25/h2-3,6-8H,4-5H2,1H3,(H,20,25)(H,21,24). The maximum atomic E-state index is 13.6. The average molecular weight is 421 g/mol. The summed E-state index contributed by atoms with van der Waals surface area (Å²) in [5.41, 5.74) is 0.763. The Morgan fingerprint density at radius 3 is 2.96 bits per heavy atom. The number of nitrogens with one attached hydrogen (secondary N) is 2. The lowest BCUT2D eigenvalue weighted by Gasteiger charge is -2.03. The molecule has 1 aromatic carbocycles. The number of carbonyl (C=O) groups excluding carboxylic acids is 1. The molecule has 0 unspecified atom stereocenters. The maximum absolute atomic E-state index is 13.6. The van der Waals surface area contributed by atoms with Gasteiger partial charge >= 0.3 is 0 Å². The van der Waals surface area contributed by atoms with Crippen molar-refractivity contribution in [3.63, 3.8) is 0 Å². The van der Waals surface area contributed by atoms with Crippen molar-refractivity contribution in [2.24, 2.45) is 0 Å². The number of H-pyrrole nitrogens is 1. The molecule has 26 heavy (non-hydrogen) atoms. The first-order valence-electron chi connectivity index (χ1n) is 7.69. The van der Waals surface area contributed by atoms with Crippen molar-refractivity contribution in [2.75, 3.05) is 5.32 Å². The highest BCUT2D eigenvalue weighted by Gasteiger charge is 2.13. The van der Waals surface area contributed by atoms with Crippen LogP contribution in [0.15, 0.2) is 44.3 Å². The van der Waals surface area contributed by atoms with Gasteiger partial charge in [-0.3, -0.25) is 9.59 Å². The second kappa shape index (κ2) is 7.61. The lowest BCUT2D eigenvalue weighted by Crippen LogP contribution is -2.19. The molecular formula is C17H14BrFN4O3. The van der Waals surface area contributed by atoms with Crippen LogP contribution in [0.4, 0.5) is 10.1 Å². The molecule has 0 saturated carbocycles. The van der Waals surface area contributed by atoms with Crippen LogP contribution in [0.25, 0.3) is 11.4 Å². The first-order valence-corrected chi connectivity index (χ1v) is 8.49. The van der Waals surface area contributed by atoms with E-state index in [2.05, 4.69) is 36.4 Å². The molecule has 0 aliphatic carbocycles. The first kappa shape index (κ1) is 18.0. The summed E-state index contributed by atoms with van der Waals surface area (Å²) in [6, 6.07) is 6.16. The second-order valence-electron chi connectivity index (χ2n) is 5.58. The van der Waals surface area contributed by atoms with E-state index in [-0.39, 0.29) is 42.0 Å². The molecule has 0 radical (unpaired) electrons. The van der Waals surface area contributed by atoms with E-state index < -0.39 is 5.56 Å². The average Bonchev–Trinajstić information content (AvgIpc) is 3.08. The highest BCUT2D eigenvalue weighted by atomic mass is 79.9. The van der Waals surface area contributed by atoms with E-state index in [0.29, 0.717) is 15.6 Å². The number of hydrogen-bond acceptors (Lipinski definition) is 5. The van der Waals surface area contributed by atoms with Gasteiger partial charge in [0.1, 0.15) is 11.5 Å².